The van der Waals surface area contributed by atoms with Crippen LogP contribution >= 0.6 is 0 Å². The summed E-state index contributed by atoms with van der Waals surface area (Å²) in [5.41, 5.74) is 1.57. The first-order valence-electron chi connectivity index (χ1n) is 8.96. The lowest BCUT2D eigenvalue weighted by atomic mass is 10.0. The van der Waals surface area contributed by atoms with Crippen LogP contribution < -0.4 is 0 Å². The van der Waals surface area contributed by atoms with Crippen molar-refractivity contribution >= 4 is 11.8 Å². The van der Waals surface area contributed by atoms with E-state index in [9.17, 15) is 9.59 Å². The van der Waals surface area contributed by atoms with Crippen LogP contribution in [0.4, 0.5) is 0 Å². The van der Waals surface area contributed by atoms with Gasteiger partial charge in [-0.05, 0) is 43.2 Å². The maximum atomic E-state index is 12.9. The lowest BCUT2D eigenvalue weighted by Gasteiger charge is -2.35. The van der Waals surface area contributed by atoms with Crippen molar-refractivity contribution in [3.63, 3.8) is 0 Å². The fourth-order valence-corrected chi connectivity index (χ4v) is 3.40. The number of pyridine rings is 1. The quantitative estimate of drug-likeness (QED) is 0.853. The molecule has 24 heavy (non-hydrogen) atoms. The van der Waals surface area contributed by atoms with E-state index in [4.69, 9.17) is 0 Å². The third kappa shape index (κ3) is 3.60. The van der Waals surface area contributed by atoms with Gasteiger partial charge < -0.3 is 9.80 Å². The minimum Gasteiger partial charge on any atom is -0.337 e. The van der Waals surface area contributed by atoms with Crippen LogP contribution in [-0.2, 0) is 4.79 Å². The van der Waals surface area contributed by atoms with Crippen LogP contribution in [0.3, 0.4) is 0 Å². The fraction of sp³-hybridized carbons (Fsp3) is 0.632. The third-order valence-corrected chi connectivity index (χ3v) is 5.20. The van der Waals surface area contributed by atoms with Gasteiger partial charge in [-0.25, -0.2) is 0 Å². The Morgan fingerprint density at radius 2 is 2.12 bits per heavy atom. The average molecular weight is 329 g/mol. The molecule has 1 aromatic heterocycles. The second-order valence-electron chi connectivity index (χ2n) is 7.49. The minimum absolute atomic E-state index is 0.00711. The Hall–Kier alpha value is -1.91. The van der Waals surface area contributed by atoms with E-state index in [2.05, 4.69) is 18.8 Å². The summed E-state index contributed by atoms with van der Waals surface area (Å²) < 4.78 is 0. The largest absolute Gasteiger partial charge is 0.337 e. The normalized spacial score (nSPS) is 22.0. The summed E-state index contributed by atoms with van der Waals surface area (Å²) in [5, 5.41) is 0. The monoisotopic (exact) mass is 329 g/mol. The number of amides is 2. The lowest BCUT2D eigenvalue weighted by molar-refractivity contribution is -0.133. The number of nitrogens with zero attached hydrogens (tertiary/aromatic N) is 3. The van der Waals surface area contributed by atoms with E-state index in [0.717, 1.165) is 12.1 Å². The maximum absolute atomic E-state index is 12.9. The molecule has 5 heteroatoms. The number of carbonyl (C=O) groups excluding carboxylic acids is 2. The number of aryl methyl sites for hydroxylation is 1. The van der Waals surface area contributed by atoms with E-state index in [1.807, 2.05) is 22.8 Å². The van der Waals surface area contributed by atoms with Crippen LogP contribution in [-0.4, -0.2) is 52.3 Å². The molecule has 0 aromatic carbocycles. The summed E-state index contributed by atoms with van der Waals surface area (Å²) in [6.07, 6.45) is 6.21. The number of carbonyl (C=O) groups is 2. The first-order valence-corrected chi connectivity index (χ1v) is 8.96. The molecule has 0 spiro atoms. The van der Waals surface area contributed by atoms with Gasteiger partial charge in [0.15, 0.2) is 0 Å². The molecule has 1 saturated heterocycles. The van der Waals surface area contributed by atoms with Crippen molar-refractivity contribution in [2.24, 2.45) is 11.8 Å². The molecule has 1 aliphatic heterocycles. The van der Waals surface area contributed by atoms with Gasteiger partial charge in [-0.3, -0.25) is 14.6 Å². The first-order chi connectivity index (χ1) is 11.5. The van der Waals surface area contributed by atoms with Gasteiger partial charge in [0.1, 0.15) is 0 Å². The Morgan fingerprint density at radius 1 is 1.38 bits per heavy atom. The molecular formula is C19H27N3O2. The van der Waals surface area contributed by atoms with Crippen molar-refractivity contribution in [2.75, 3.05) is 19.6 Å². The third-order valence-electron chi connectivity index (χ3n) is 5.20. The second kappa shape index (κ2) is 6.91. The van der Waals surface area contributed by atoms with Crippen molar-refractivity contribution in [1.29, 1.82) is 0 Å². The van der Waals surface area contributed by atoms with Gasteiger partial charge in [0, 0.05) is 38.4 Å². The molecular weight excluding hydrogens is 302 g/mol. The highest BCUT2D eigenvalue weighted by Gasteiger charge is 2.36. The van der Waals surface area contributed by atoms with Crippen LogP contribution in [0.1, 0.15) is 49.0 Å². The molecule has 1 atom stereocenters. The number of rotatable bonds is 4. The molecule has 0 radical (unpaired) electrons. The van der Waals surface area contributed by atoms with Crippen LogP contribution in [0, 0.1) is 18.8 Å². The fourth-order valence-electron chi connectivity index (χ4n) is 3.40. The Kier molecular flexibility index (Phi) is 4.88. The van der Waals surface area contributed by atoms with E-state index < -0.39 is 0 Å². The number of hydrogen-bond donors (Lipinski definition) is 0. The highest BCUT2D eigenvalue weighted by Crippen LogP contribution is 2.32. The second-order valence-corrected chi connectivity index (χ2v) is 7.49. The van der Waals surface area contributed by atoms with Gasteiger partial charge in [0.25, 0.3) is 5.91 Å². The molecule has 2 heterocycles. The average Bonchev–Trinajstić information content (AvgIpc) is 3.37. The van der Waals surface area contributed by atoms with Gasteiger partial charge in [0.2, 0.25) is 5.91 Å². The van der Waals surface area contributed by atoms with Gasteiger partial charge in [-0.15, -0.1) is 0 Å². The van der Waals surface area contributed by atoms with E-state index in [-0.39, 0.29) is 17.9 Å². The first kappa shape index (κ1) is 16.9. The summed E-state index contributed by atoms with van der Waals surface area (Å²) in [5.74, 6) is 1.18. The molecule has 2 fully saturated rings. The van der Waals surface area contributed by atoms with Crippen LogP contribution in [0.5, 0.6) is 0 Å². The lowest BCUT2D eigenvalue weighted by Crippen LogP contribution is -2.48. The predicted molar refractivity (Wildman–Crippen MR) is 92.6 cm³/mol. The van der Waals surface area contributed by atoms with E-state index >= 15 is 0 Å². The number of aromatic nitrogens is 1. The zero-order valence-corrected chi connectivity index (χ0v) is 14.9. The van der Waals surface area contributed by atoms with E-state index in [1.165, 1.54) is 12.8 Å². The zero-order valence-electron chi connectivity index (χ0n) is 14.9. The molecule has 2 aliphatic rings. The SMILES string of the molecule is Cc1ccncc1C(=O)N1CCC(=O)N(CC2CC2)[C@H](C(C)C)C1. The molecule has 1 saturated carbocycles. The van der Waals surface area contributed by atoms with Crippen molar-refractivity contribution in [3.8, 4) is 0 Å². The van der Waals surface area contributed by atoms with Crippen LogP contribution in [0.15, 0.2) is 18.5 Å². The van der Waals surface area contributed by atoms with Gasteiger partial charge in [0.05, 0.1) is 11.6 Å². The molecule has 1 aromatic rings. The van der Waals surface area contributed by atoms with Gasteiger partial charge in [-0.2, -0.15) is 0 Å². The summed E-state index contributed by atoms with van der Waals surface area (Å²) in [6.45, 7) is 8.18. The van der Waals surface area contributed by atoms with Crippen molar-refractivity contribution < 1.29 is 9.59 Å². The number of hydrogen-bond acceptors (Lipinski definition) is 3. The van der Waals surface area contributed by atoms with E-state index in [0.29, 0.717) is 36.9 Å². The summed E-state index contributed by atoms with van der Waals surface area (Å²) >= 11 is 0. The van der Waals surface area contributed by atoms with E-state index in [1.54, 1.807) is 12.4 Å². The Balaban J connectivity index is 1.81. The Morgan fingerprint density at radius 3 is 2.75 bits per heavy atom. The molecule has 3 rings (SSSR count). The maximum Gasteiger partial charge on any atom is 0.255 e. The molecule has 130 valence electrons. The molecule has 5 nitrogen and oxygen atoms in total. The molecule has 0 N–H and O–H groups in total. The topological polar surface area (TPSA) is 53.5 Å². The van der Waals surface area contributed by atoms with Gasteiger partial charge in [-0.1, -0.05) is 13.8 Å². The van der Waals surface area contributed by atoms with Crippen LogP contribution in [0.2, 0.25) is 0 Å². The highest BCUT2D eigenvalue weighted by molar-refractivity contribution is 5.95. The zero-order chi connectivity index (χ0) is 17.3. The molecule has 0 unspecified atom stereocenters. The van der Waals surface area contributed by atoms with Crippen molar-refractivity contribution in [1.82, 2.24) is 14.8 Å². The standard InChI is InChI=1S/C19H27N3O2/c1-13(2)17-12-21(19(24)16-10-20-8-6-14(16)3)9-7-18(23)22(17)11-15-4-5-15/h6,8,10,13,15,17H,4-5,7,9,11-12H2,1-3H3/t17-/m0/s1. The Bertz CT molecular complexity index is 625. The van der Waals surface area contributed by atoms with Crippen LogP contribution in [0.25, 0.3) is 0 Å². The summed E-state index contributed by atoms with van der Waals surface area (Å²) in [6, 6.07) is 1.96. The smallest absolute Gasteiger partial charge is 0.255 e. The molecule has 2 amide bonds. The molecule has 1 aliphatic carbocycles. The summed E-state index contributed by atoms with van der Waals surface area (Å²) in [7, 11) is 0. The van der Waals surface area contributed by atoms with Crippen molar-refractivity contribution in [2.45, 2.75) is 46.1 Å². The minimum atomic E-state index is -0.00711. The molecule has 0 bridgehead atoms. The summed E-state index contributed by atoms with van der Waals surface area (Å²) in [4.78, 5) is 33.6. The Labute approximate surface area is 144 Å². The predicted octanol–water partition coefficient (Wildman–Crippen LogP) is 2.50. The van der Waals surface area contributed by atoms with Gasteiger partial charge >= 0.3 is 0 Å². The van der Waals surface area contributed by atoms with Crippen molar-refractivity contribution in [3.05, 3.63) is 29.6 Å². The highest BCUT2D eigenvalue weighted by atomic mass is 16.2.